The summed E-state index contributed by atoms with van der Waals surface area (Å²) >= 11 is 0. The molecule has 2 heterocycles. The molecule has 0 aliphatic carbocycles. The van der Waals surface area contributed by atoms with Gasteiger partial charge in [0.05, 0.1) is 5.69 Å². The van der Waals surface area contributed by atoms with Crippen LogP contribution in [0.2, 0.25) is 0 Å². The molecule has 1 aromatic carbocycles. The maximum Gasteiger partial charge on any atom is 0.148 e. The highest BCUT2D eigenvalue weighted by atomic mass is 19.1. The Bertz CT molecular complexity index is 509. The van der Waals surface area contributed by atoms with Crippen LogP contribution in [0.15, 0.2) is 18.2 Å². The summed E-state index contributed by atoms with van der Waals surface area (Å²) in [5.41, 5.74) is 7.00. The van der Waals surface area contributed by atoms with E-state index in [-0.39, 0.29) is 16.9 Å². The van der Waals surface area contributed by atoms with Crippen LogP contribution < -0.4 is 16.0 Å². The van der Waals surface area contributed by atoms with E-state index in [0.717, 1.165) is 25.3 Å². The van der Waals surface area contributed by atoms with Crippen molar-refractivity contribution in [3.05, 3.63) is 24.0 Å². The Morgan fingerprint density at radius 3 is 2.70 bits per heavy atom. The molecule has 3 unspecified atom stereocenters. The zero-order chi connectivity index (χ0) is 14.5. The first kappa shape index (κ1) is 13.7. The van der Waals surface area contributed by atoms with Crippen LogP contribution in [0.5, 0.6) is 0 Å². The van der Waals surface area contributed by atoms with Gasteiger partial charge in [-0.15, -0.1) is 0 Å². The zero-order valence-electron chi connectivity index (χ0n) is 12.5. The first-order valence-electron chi connectivity index (χ1n) is 7.39. The molecule has 0 radical (unpaired) electrons. The highest BCUT2D eigenvalue weighted by Gasteiger charge is 2.46. The molecule has 2 aliphatic rings. The number of hydrogen-bond donors (Lipinski definition) is 2. The van der Waals surface area contributed by atoms with Crippen molar-refractivity contribution < 1.29 is 4.39 Å². The van der Waals surface area contributed by atoms with Crippen LogP contribution in [-0.4, -0.2) is 25.7 Å². The number of nitrogens with two attached hydrogens (primary N) is 1. The van der Waals surface area contributed by atoms with Crippen LogP contribution >= 0.6 is 0 Å². The van der Waals surface area contributed by atoms with Crippen molar-refractivity contribution in [2.75, 3.05) is 30.3 Å². The van der Waals surface area contributed by atoms with Crippen LogP contribution in [0.25, 0.3) is 0 Å². The SMILES string of the molecule is CC(C)(C)C1NCC2CN(c3ccc(N)c(F)c3)CC21. The van der Waals surface area contributed by atoms with Crippen LogP contribution in [0.3, 0.4) is 0 Å². The van der Waals surface area contributed by atoms with Crippen molar-refractivity contribution in [3.63, 3.8) is 0 Å². The normalized spacial score (nSPS) is 29.8. The fourth-order valence-corrected chi connectivity index (χ4v) is 3.79. The summed E-state index contributed by atoms with van der Waals surface area (Å²) < 4.78 is 13.6. The molecule has 2 aliphatic heterocycles. The van der Waals surface area contributed by atoms with Crippen molar-refractivity contribution in [2.24, 2.45) is 17.3 Å². The number of halogens is 1. The third-order valence-electron chi connectivity index (χ3n) is 4.80. The number of nitrogens with zero attached hydrogens (tertiary/aromatic N) is 1. The quantitative estimate of drug-likeness (QED) is 0.775. The van der Waals surface area contributed by atoms with Gasteiger partial charge in [-0.05, 0) is 35.4 Å². The number of rotatable bonds is 1. The van der Waals surface area contributed by atoms with Crippen LogP contribution in [0.1, 0.15) is 20.8 Å². The van der Waals surface area contributed by atoms with Gasteiger partial charge in [0.15, 0.2) is 0 Å². The minimum atomic E-state index is -0.315. The number of hydrogen-bond acceptors (Lipinski definition) is 3. The molecule has 3 rings (SSSR count). The van der Waals surface area contributed by atoms with E-state index in [1.807, 2.05) is 6.07 Å². The van der Waals surface area contributed by atoms with E-state index in [0.29, 0.717) is 17.9 Å². The number of nitrogen functional groups attached to an aromatic ring is 1. The van der Waals surface area contributed by atoms with E-state index in [2.05, 4.69) is 31.0 Å². The van der Waals surface area contributed by atoms with E-state index < -0.39 is 0 Å². The summed E-state index contributed by atoms with van der Waals surface area (Å²) in [6, 6.07) is 5.70. The van der Waals surface area contributed by atoms with E-state index in [1.54, 1.807) is 12.1 Å². The Balaban J connectivity index is 1.78. The third kappa shape index (κ3) is 2.26. The van der Waals surface area contributed by atoms with Gasteiger partial charge in [-0.3, -0.25) is 0 Å². The number of fused-ring (bicyclic) bond motifs is 1. The average molecular weight is 277 g/mol. The maximum atomic E-state index is 13.6. The number of benzene rings is 1. The average Bonchev–Trinajstić information content (AvgIpc) is 2.90. The second kappa shape index (κ2) is 4.62. The molecule has 0 spiro atoms. The van der Waals surface area contributed by atoms with Gasteiger partial charge in [0.1, 0.15) is 5.82 Å². The fraction of sp³-hybridized carbons (Fsp3) is 0.625. The minimum absolute atomic E-state index is 0.224. The van der Waals surface area contributed by atoms with Gasteiger partial charge in [0.25, 0.3) is 0 Å². The van der Waals surface area contributed by atoms with Gasteiger partial charge in [0.2, 0.25) is 0 Å². The molecule has 3 nitrogen and oxygen atoms in total. The summed E-state index contributed by atoms with van der Waals surface area (Å²) in [5, 5.41) is 3.67. The van der Waals surface area contributed by atoms with Gasteiger partial charge < -0.3 is 16.0 Å². The summed E-state index contributed by atoms with van der Waals surface area (Å²) in [4.78, 5) is 2.30. The van der Waals surface area contributed by atoms with Gasteiger partial charge in [0, 0.05) is 31.4 Å². The van der Waals surface area contributed by atoms with Crippen molar-refractivity contribution >= 4 is 11.4 Å². The zero-order valence-corrected chi connectivity index (χ0v) is 12.5. The second-order valence-electron chi connectivity index (χ2n) is 7.29. The Labute approximate surface area is 120 Å². The lowest BCUT2D eigenvalue weighted by Gasteiger charge is -2.32. The molecule has 0 amide bonds. The lowest BCUT2D eigenvalue weighted by atomic mass is 9.78. The molecule has 20 heavy (non-hydrogen) atoms. The monoisotopic (exact) mass is 277 g/mol. The van der Waals surface area contributed by atoms with E-state index in [4.69, 9.17) is 5.73 Å². The molecule has 0 aromatic heterocycles. The molecule has 2 fully saturated rings. The van der Waals surface area contributed by atoms with Crippen molar-refractivity contribution in [1.29, 1.82) is 0 Å². The van der Waals surface area contributed by atoms with Crippen LogP contribution in [0.4, 0.5) is 15.8 Å². The Hall–Kier alpha value is -1.29. The fourth-order valence-electron chi connectivity index (χ4n) is 3.79. The molecule has 4 heteroatoms. The maximum absolute atomic E-state index is 13.6. The highest BCUT2D eigenvalue weighted by molar-refractivity contribution is 5.55. The number of anilines is 2. The molecule has 110 valence electrons. The largest absolute Gasteiger partial charge is 0.396 e. The highest BCUT2D eigenvalue weighted by Crippen LogP contribution is 2.40. The summed E-state index contributed by atoms with van der Waals surface area (Å²) in [6.07, 6.45) is 0. The van der Waals surface area contributed by atoms with E-state index in [1.165, 1.54) is 0 Å². The Morgan fingerprint density at radius 2 is 2.05 bits per heavy atom. The van der Waals surface area contributed by atoms with Crippen molar-refractivity contribution in [2.45, 2.75) is 26.8 Å². The number of nitrogens with one attached hydrogen (secondary N) is 1. The molecule has 0 bridgehead atoms. The van der Waals surface area contributed by atoms with Gasteiger partial charge in [-0.25, -0.2) is 4.39 Å². The topological polar surface area (TPSA) is 41.3 Å². The van der Waals surface area contributed by atoms with Crippen molar-refractivity contribution in [3.8, 4) is 0 Å². The molecule has 3 N–H and O–H groups in total. The first-order valence-corrected chi connectivity index (χ1v) is 7.39. The molecular weight excluding hydrogens is 253 g/mol. The predicted octanol–water partition coefficient (Wildman–Crippen LogP) is 2.48. The lowest BCUT2D eigenvalue weighted by Crippen LogP contribution is -2.42. The Morgan fingerprint density at radius 1 is 1.30 bits per heavy atom. The smallest absolute Gasteiger partial charge is 0.148 e. The summed E-state index contributed by atoms with van der Waals surface area (Å²) in [7, 11) is 0. The molecule has 3 atom stereocenters. The van der Waals surface area contributed by atoms with Gasteiger partial charge in [-0.1, -0.05) is 20.8 Å². The standard InChI is InChI=1S/C16H24FN3/c1-16(2,3)15-12-9-20(8-10(12)7-19-15)11-4-5-14(18)13(17)6-11/h4-6,10,12,15,19H,7-9,18H2,1-3H3. The minimum Gasteiger partial charge on any atom is -0.396 e. The lowest BCUT2D eigenvalue weighted by molar-refractivity contribution is 0.240. The predicted molar refractivity (Wildman–Crippen MR) is 81.3 cm³/mol. The Kier molecular flexibility index (Phi) is 3.16. The van der Waals surface area contributed by atoms with E-state index >= 15 is 0 Å². The van der Waals surface area contributed by atoms with Gasteiger partial charge in [-0.2, -0.15) is 0 Å². The van der Waals surface area contributed by atoms with Crippen molar-refractivity contribution in [1.82, 2.24) is 5.32 Å². The molecule has 2 saturated heterocycles. The van der Waals surface area contributed by atoms with E-state index in [9.17, 15) is 4.39 Å². The molecule has 1 aromatic rings. The summed E-state index contributed by atoms with van der Waals surface area (Å²) in [5.74, 6) is 1.00. The summed E-state index contributed by atoms with van der Waals surface area (Å²) in [6.45, 7) is 9.95. The molecular formula is C16H24FN3. The molecule has 0 saturated carbocycles. The van der Waals surface area contributed by atoms with Gasteiger partial charge >= 0.3 is 0 Å². The first-order chi connectivity index (χ1) is 9.36. The van der Waals surface area contributed by atoms with Crippen LogP contribution in [-0.2, 0) is 0 Å². The third-order valence-corrected chi connectivity index (χ3v) is 4.80. The second-order valence-corrected chi connectivity index (χ2v) is 7.29. The van der Waals surface area contributed by atoms with Crippen LogP contribution in [0, 0.1) is 23.1 Å².